The molecule has 0 spiro atoms. The van der Waals surface area contributed by atoms with E-state index in [0.29, 0.717) is 10.8 Å². The zero-order chi connectivity index (χ0) is 13.3. The van der Waals surface area contributed by atoms with Gasteiger partial charge in [0, 0.05) is 18.8 Å². The first kappa shape index (κ1) is 12.9. The molecule has 0 aliphatic carbocycles. The van der Waals surface area contributed by atoms with Crippen LogP contribution in [0.1, 0.15) is 22.9 Å². The van der Waals surface area contributed by atoms with Crippen molar-refractivity contribution in [3.8, 4) is 5.75 Å². The van der Waals surface area contributed by atoms with E-state index in [0.717, 1.165) is 16.8 Å². The summed E-state index contributed by atoms with van der Waals surface area (Å²) in [6.07, 6.45) is 1.08. The maximum absolute atomic E-state index is 10.3. The van der Waals surface area contributed by atoms with Crippen LogP contribution < -0.4 is 4.74 Å². The van der Waals surface area contributed by atoms with E-state index in [1.807, 2.05) is 14.0 Å². The SMILES string of the molecule is COc1cc(C(O)c2cn(C)nc2C)ccc1Cl. The fourth-order valence-corrected chi connectivity index (χ4v) is 2.11. The molecule has 1 aromatic heterocycles. The zero-order valence-corrected chi connectivity index (χ0v) is 11.3. The van der Waals surface area contributed by atoms with Crippen molar-refractivity contribution >= 4 is 11.6 Å². The van der Waals surface area contributed by atoms with E-state index in [-0.39, 0.29) is 0 Å². The Morgan fingerprint density at radius 1 is 1.44 bits per heavy atom. The van der Waals surface area contributed by atoms with E-state index < -0.39 is 6.10 Å². The van der Waals surface area contributed by atoms with Gasteiger partial charge in [0.2, 0.25) is 0 Å². The third-order valence-corrected chi connectivity index (χ3v) is 3.15. The molecule has 0 saturated heterocycles. The van der Waals surface area contributed by atoms with Crippen molar-refractivity contribution in [1.29, 1.82) is 0 Å². The standard InChI is InChI=1S/C13H15ClN2O2/c1-8-10(7-16(2)15-8)13(17)9-4-5-11(14)12(6-9)18-3/h4-7,13,17H,1-3H3. The molecule has 2 rings (SSSR count). The molecule has 0 bridgehead atoms. The molecule has 2 aromatic rings. The van der Waals surface area contributed by atoms with Gasteiger partial charge in [0.05, 0.1) is 17.8 Å². The smallest absolute Gasteiger partial charge is 0.137 e. The minimum atomic E-state index is -0.732. The minimum absolute atomic E-state index is 0.524. The first-order chi connectivity index (χ1) is 8.52. The number of halogens is 1. The van der Waals surface area contributed by atoms with Gasteiger partial charge in [0.25, 0.3) is 0 Å². The van der Waals surface area contributed by atoms with Crippen LogP contribution >= 0.6 is 11.6 Å². The Labute approximate surface area is 111 Å². The Balaban J connectivity index is 2.39. The van der Waals surface area contributed by atoms with Gasteiger partial charge >= 0.3 is 0 Å². The highest BCUT2D eigenvalue weighted by Gasteiger charge is 2.17. The number of hydrogen-bond acceptors (Lipinski definition) is 3. The van der Waals surface area contributed by atoms with E-state index >= 15 is 0 Å². The summed E-state index contributed by atoms with van der Waals surface area (Å²) in [7, 11) is 3.37. The van der Waals surface area contributed by atoms with E-state index in [9.17, 15) is 5.11 Å². The lowest BCUT2D eigenvalue weighted by atomic mass is 10.0. The van der Waals surface area contributed by atoms with Gasteiger partial charge in [-0.25, -0.2) is 0 Å². The Morgan fingerprint density at radius 2 is 2.17 bits per heavy atom. The van der Waals surface area contributed by atoms with Crippen LogP contribution in [0.25, 0.3) is 0 Å². The fourth-order valence-electron chi connectivity index (χ4n) is 1.91. The van der Waals surface area contributed by atoms with Gasteiger partial charge in [0.1, 0.15) is 11.9 Å². The van der Waals surface area contributed by atoms with Crippen molar-refractivity contribution in [3.63, 3.8) is 0 Å². The second-order valence-electron chi connectivity index (χ2n) is 4.14. The van der Waals surface area contributed by atoms with Gasteiger partial charge in [-0.15, -0.1) is 0 Å². The average molecular weight is 267 g/mol. The Hall–Kier alpha value is -1.52. The average Bonchev–Trinajstić information content (AvgIpc) is 2.68. The minimum Gasteiger partial charge on any atom is -0.495 e. The van der Waals surface area contributed by atoms with Crippen LogP contribution in [0, 0.1) is 6.92 Å². The molecule has 1 N–H and O–H groups in total. The van der Waals surface area contributed by atoms with Crippen molar-refractivity contribution in [2.75, 3.05) is 7.11 Å². The largest absolute Gasteiger partial charge is 0.495 e. The summed E-state index contributed by atoms with van der Waals surface area (Å²) >= 11 is 5.96. The number of hydrogen-bond donors (Lipinski definition) is 1. The van der Waals surface area contributed by atoms with Crippen LogP contribution in [0.3, 0.4) is 0 Å². The lowest BCUT2D eigenvalue weighted by molar-refractivity contribution is 0.219. The van der Waals surface area contributed by atoms with Gasteiger partial charge in [0.15, 0.2) is 0 Å². The van der Waals surface area contributed by atoms with Gasteiger partial charge in [-0.2, -0.15) is 5.10 Å². The first-order valence-electron chi connectivity index (χ1n) is 5.54. The summed E-state index contributed by atoms with van der Waals surface area (Å²) in [5.74, 6) is 0.551. The molecule has 0 fully saturated rings. The van der Waals surface area contributed by atoms with Crippen molar-refractivity contribution in [2.45, 2.75) is 13.0 Å². The fraction of sp³-hybridized carbons (Fsp3) is 0.308. The number of aliphatic hydroxyl groups excluding tert-OH is 1. The second kappa shape index (κ2) is 5.00. The van der Waals surface area contributed by atoms with Gasteiger partial charge in [-0.3, -0.25) is 4.68 Å². The maximum Gasteiger partial charge on any atom is 0.137 e. The number of aryl methyl sites for hydroxylation is 2. The van der Waals surface area contributed by atoms with E-state index in [1.165, 1.54) is 0 Å². The normalized spacial score (nSPS) is 12.5. The summed E-state index contributed by atoms with van der Waals surface area (Å²) in [4.78, 5) is 0. The van der Waals surface area contributed by atoms with E-state index in [4.69, 9.17) is 16.3 Å². The summed E-state index contributed by atoms with van der Waals surface area (Å²) in [6, 6.07) is 5.23. The van der Waals surface area contributed by atoms with Crippen LogP contribution in [-0.4, -0.2) is 22.0 Å². The van der Waals surface area contributed by atoms with Gasteiger partial charge in [-0.1, -0.05) is 17.7 Å². The first-order valence-corrected chi connectivity index (χ1v) is 5.92. The number of rotatable bonds is 3. The Kier molecular flexibility index (Phi) is 3.59. The van der Waals surface area contributed by atoms with Crippen LogP contribution in [0.4, 0.5) is 0 Å². The second-order valence-corrected chi connectivity index (χ2v) is 4.55. The molecule has 1 aromatic carbocycles. The molecule has 0 aliphatic rings. The predicted molar refractivity (Wildman–Crippen MR) is 70.0 cm³/mol. The number of ether oxygens (including phenoxy) is 1. The number of aromatic nitrogens is 2. The Bertz CT molecular complexity index is 566. The topological polar surface area (TPSA) is 47.3 Å². The Morgan fingerprint density at radius 3 is 2.72 bits per heavy atom. The third kappa shape index (κ3) is 2.35. The van der Waals surface area contributed by atoms with Crippen molar-refractivity contribution in [3.05, 3.63) is 46.2 Å². The van der Waals surface area contributed by atoms with Crippen molar-refractivity contribution in [1.82, 2.24) is 9.78 Å². The highest BCUT2D eigenvalue weighted by Crippen LogP contribution is 2.31. The quantitative estimate of drug-likeness (QED) is 0.928. The molecule has 0 saturated carbocycles. The molecule has 1 unspecified atom stereocenters. The molecule has 1 heterocycles. The molecule has 18 heavy (non-hydrogen) atoms. The van der Waals surface area contributed by atoms with Gasteiger partial charge in [-0.05, 0) is 24.6 Å². The highest BCUT2D eigenvalue weighted by molar-refractivity contribution is 6.32. The zero-order valence-electron chi connectivity index (χ0n) is 10.5. The molecule has 0 amide bonds. The number of nitrogens with zero attached hydrogens (tertiary/aromatic N) is 2. The molecule has 5 heteroatoms. The lowest BCUT2D eigenvalue weighted by Crippen LogP contribution is -2.01. The molecular weight excluding hydrogens is 252 g/mol. The van der Waals surface area contributed by atoms with Crippen LogP contribution in [0.15, 0.2) is 24.4 Å². The number of benzene rings is 1. The number of methoxy groups -OCH3 is 1. The molecule has 0 aliphatic heterocycles. The molecule has 0 radical (unpaired) electrons. The third-order valence-electron chi connectivity index (χ3n) is 2.84. The summed E-state index contributed by atoms with van der Waals surface area (Å²) in [5, 5.41) is 15.1. The molecule has 4 nitrogen and oxygen atoms in total. The maximum atomic E-state index is 10.3. The van der Waals surface area contributed by atoms with Crippen molar-refractivity contribution in [2.24, 2.45) is 7.05 Å². The van der Waals surface area contributed by atoms with Crippen LogP contribution in [-0.2, 0) is 7.05 Å². The highest BCUT2D eigenvalue weighted by atomic mass is 35.5. The summed E-state index contributed by atoms with van der Waals surface area (Å²) < 4.78 is 6.82. The monoisotopic (exact) mass is 266 g/mol. The van der Waals surface area contributed by atoms with E-state index in [1.54, 1.807) is 36.2 Å². The van der Waals surface area contributed by atoms with Crippen LogP contribution in [0.2, 0.25) is 5.02 Å². The van der Waals surface area contributed by atoms with Gasteiger partial charge < -0.3 is 9.84 Å². The molecule has 96 valence electrons. The predicted octanol–water partition coefficient (Wildman–Crippen LogP) is 2.47. The molecule has 1 atom stereocenters. The lowest BCUT2D eigenvalue weighted by Gasteiger charge is -2.12. The van der Waals surface area contributed by atoms with Crippen LogP contribution in [0.5, 0.6) is 5.75 Å². The summed E-state index contributed by atoms with van der Waals surface area (Å²) in [6.45, 7) is 1.87. The van der Waals surface area contributed by atoms with Crippen molar-refractivity contribution < 1.29 is 9.84 Å². The summed E-state index contributed by atoms with van der Waals surface area (Å²) in [5.41, 5.74) is 2.31. The number of aliphatic hydroxyl groups is 1. The molecular formula is C13H15ClN2O2. The van der Waals surface area contributed by atoms with E-state index in [2.05, 4.69) is 5.10 Å².